The lowest BCUT2D eigenvalue weighted by molar-refractivity contribution is 0.0697. The van der Waals surface area contributed by atoms with Gasteiger partial charge in [0.2, 0.25) is 0 Å². The predicted molar refractivity (Wildman–Crippen MR) is 69.1 cm³/mol. The Balaban J connectivity index is 2.01. The minimum Gasteiger partial charge on any atom is -0.478 e. The monoisotopic (exact) mass is 290 g/mol. The summed E-state index contributed by atoms with van der Waals surface area (Å²) in [5.41, 5.74) is 0.662. The quantitative estimate of drug-likeness (QED) is 0.858. The van der Waals surface area contributed by atoms with Crippen LogP contribution in [0, 0.1) is 12.8 Å². The summed E-state index contributed by atoms with van der Waals surface area (Å²) in [5, 5.41) is 12.6. The Morgan fingerprint density at radius 1 is 1.61 bits per heavy atom. The first-order chi connectivity index (χ1) is 8.39. The van der Waals surface area contributed by atoms with Gasteiger partial charge in [-0.2, -0.15) is 4.37 Å². The van der Waals surface area contributed by atoms with Gasteiger partial charge < -0.3 is 10.4 Å². The highest BCUT2D eigenvalue weighted by molar-refractivity contribution is 7.91. The number of carboxylic acid groups (broad SMARTS) is 1. The van der Waals surface area contributed by atoms with Crippen LogP contribution in [0.1, 0.15) is 22.5 Å². The minimum atomic E-state index is -2.89. The second kappa shape index (κ2) is 4.85. The van der Waals surface area contributed by atoms with Crippen LogP contribution in [0.3, 0.4) is 0 Å². The van der Waals surface area contributed by atoms with Crippen LogP contribution in [0.15, 0.2) is 0 Å². The number of nitrogens with one attached hydrogen (secondary N) is 1. The summed E-state index contributed by atoms with van der Waals surface area (Å²) in [6.07, 6.45) is 0.634. The van der Waals surface area contributed by atoms with Crippen LogP contribution in [0.4, 0.5) is 5.00 Å². The second-order valence-corrected chi connectivity index (χ2v) is 7.43. The third-order valence-corrected chi connectivity index (χ3v) is 5.69. The summed E-state index contributed by atoms with van der Waals surface area (Å²) >= 11 is 1.10. The zero-order valence-corrected chi connectivity index (χ0v) is 11.5. The fourth-order valence-electron chi connectivity index (χ4n) is 2.01. The van der Waals surface area contributed by atoms with E-state index in [-0.39, 0.29) is 23.0 Å². The van der Waals surface area contributed by atoms with Crippen molar-refractivity contribution in [2.75, 3.05) is 23.4 Å². The van der Waals surface area contributed by atoms with Crippen molar-refractivity contribution in [3.05, 3.63) is 11.3 Å². The van der Waals surface area contributed by atoms with Crippen molar-refractivity contribution in [3.8, 4) is 0 Å². The van der Waals surface area contributed by atoms with Crippen LogP contribution in [0.25, 0.3) is 0 Å². The van der Waals surface area contributed by atoms with E-state index in [2.05, 4.69) is 9.69 Å². The lowest BCUT2D eigenvalue weighted by Gasteiger charge is -2.09. The maximum Gasteiger partial charge on any atom is 0.340 e. The summed E-state index contributed by atoms with van der Waals surface area (Å²) in [7, 11) is -2.89. The van der Waals surface area contributed by atoms with Gasteiger partial charge >= 0.3 is 5.97 Å². The summed E-state index contributed by atoms with van der Waals surface area (Å²) in [6, 6.07) is 0. The van der Waals surface area contributed by atoms with Crippen LogP contribution in [-0.2, 0) is 9.84 Å². The number of aromatic nitrogens is 1. The number of hydrogen-bond donors (Lipinski definition) is 2. The number of carboxylic acids is 1. The molecule has 1 aliphatic heterocycles. The van der Waals surface area contributed by atoms with Gasteiger partial charge in [-0.3, -0.25) is 0 Å². The highest BCUT2D eigenvalue weighted by Gasteiger charge is 2.28. The van der Waals surface area contributed by atoms with Crippen LogP contribution in [-0.4, -0.2) is 41.9 Å². The maximum absolute atomic E-state index is 11.3. The molecule has 1 aromatic rings. The Morgan fingerprint density at radius 3 is 2.89 bits per heavy atom. The van der Waals surface area contributed by atoms with Crippen molar-refractivity contribution in [2.45, 2.75) is 13.3 Å². The molecule has 18 heavy (non-hydrogen) atoms. The predicted octanol–water partition coefficient (Wildman–Crippen LogP) is 0.996. The van der Waals surface area contributed by atoms with E-state index < -0.39 is 15.8 Å². The third-order valence-electron chi connectivity index (χ3n) is 2.95. The van der Waals surface area contributed by atoms with Crippen molar-refractivity contribution in [3.63, 3.8) is 0 Å². The fraction of sp³-hybridized carbons (Fsp3) is 0.600. The first kappa shape index (κ1) is 13.3. The van der Waals surface area contributed by atoms with E-state index in [1.807, 2.05) is 0 Å². The largest absolute Gasteiger partial charge is 0.478 e. The number of rotatable bonds is 4. The molecular weight excluding hydrogens is 276 g/mol. The van der Waals surface area contributed by atoms with Crippen molar-refractivity contribution >= 4 is 32.3 Å². The number of aromatic carboxylic acids is 1. The molecule has 0 amide bonds. The molecule has 0 radical (unpaired) electrons. The third kappa shape index (κ3) is 2.81. The molecule has 8 heteroatoms. The molecule has 2 heterocycles. The molecule has 2 rings (SSSR count). The first-order valence-electron chi connectivity index (χ1n) is 5.53. The Morgan fingerprint density at radius 2 is 2.33 bits per heavy atom. The molecule has 6 nitrogen and oxygen atoms in total. The van der Waals surface area contributed by atoms with Crippen LogP contribution >= 0.6 is 11.5 Å². The van der Waals surface area contributed by atoms with Gasteiger partial charge in [0.25, 0.3) is 0 Å². The summed E-state index contributed by atoms with van der Waals surface area (Å²) in [4.78, 5) is 11.0. The summed E-state index contributed by atoms with van der Waals surface area (Å²) in [6.45, 7) is 2.12. The normalized spacial score (nSPS) is 21.9. The molecule has 2 N–H and O–H groups in total. The zero-order valence-electron chi connectivity index (χ0n) is 9.84. The molecule has 1 unspecified atom stereocenters. The van der Waals surface area contributed by atoms with Crippen LogP contribution < -0.4 is 5.32 Å². The number of nitrogens with zero attached hydrogens (tertiary/aromatic N) is 1. The smallest absolute Gasteiger partial charge is 0.340 e. The van der Waals surface area contributed by atoms with Gasteiger partial charge in [0.05, 0.1) is 17.2 Å². The maximum atomic E-state index is 11.3. The van der Waals surface area contributed by atoms with E-state index in [1.165, 1.54) is 0 Å². The average molecular weight is 290 g/mol. The molecule has 1 atom stereocenters. The molecule has 0 saturated carbocycles. The molecule has 100 valence electrons. The molecule has 1 aromatic heterocycles. The van der Waals surface area contributed by atoms with Crippen LogP contribution in [0.2, 0.25) is 0 Å². The van der Waals surface area contributed by atoms with E-state index in [0.29, 0.717) is 23.7 Å². The summed E-state index contributed by atoms with van der Waals surface area (Å²) in [5.74, 6) is -0.547. The molecule has 0 bridgehead atoms. The first-order valence-corrected chi connectivity index (χ1v) is 8.12. The highest BCUT2D eigenvalue weighted by Crippen LogP contribution is 2.26. The molecule has 1 aliphatic rings. The molecule has 0 aliphatic carbocycles. The molecular formula is C10H14N2O4S2. The topological polar surface area (TPSA) is 96.4 Å². The van der Waals surface area contributed by atoms with Crippen molar-refractivity contribution in [2.24, 2.45) is 5.92 Å². The van der Waals surface area contributed by atoms with Gasteiger partial charge in [0.1, 0.15) is 10.6 Å². The Labute approximate surface area is 109 Å². The van der Waals surface area contributed by atoms with Crippen molar-refractivity contribution < 1.29 is 18.3 Å². The standard InChI is InChI=1S/C10H14N2O4S2/c1-6-8(10(13)14)9(17-12-6)11-4-7-2-3-18(15,16)5-7/h7,11H,2-5H2,1H3,(H,13,14). The number of aryl methyl sites for hydroxylation is 1. The number of hydrogen-bond acceptors (Lipinski definition) is 6. The van der Waals surface area contributed by atoms with Crippen molar-refractivity contribution in [1.29, 1.82) is 0 Å². The molecule has 0 spiro atoms. The summed E-state index contributed by atoms with van der Waals surface area (Å²) < 4.78 is 26.6. The van der Waals surface area contributed by atoms with Gasteiger partial charge in [0, 0.05) is 6.54 Å². The van der Waals surface area contributed by atoms with E-state index in [0.717, 1.165) is 11.5 Å². The number of sulfone groups is 1. The van der Waals surface area contributed by atoms with Crippen LogP contribution in [0.5, 0.6) is 0 Å². The van der Waals surface area contributed by atoms with E-state index in [1.54, 1.807) is 6.92 Å². The average Bonchev–Trinajstić information content (AvgIpc) is 2.78. The number of anilines is 1. The molecule has 1 saturated heterocycles. The van der Waals surface area contributed by atoms with E-state index >= 15 is 0 Å². The van der Waals surface area contributed by atoms with Crippen molar-refractivity contribution in [1.82, 2.24) is 4.37 Å². The lowest BCUT2D eigenvalue weighted by Crippen LogP contribution is -2.16. The zero-order chi connectivity index (χ0) is 13.3. The SMILES string of the molecule is Cc1nsc(NCC2CCS(=O)(=O)C2)c1C(=O)O. The highest BCUT2D eigenvalue weighted by atomic mass is 32.2. The minimum absolute atomic E-state index is 0.0547. The Kier molecular flexibility index (Phi) is 3.58. The van der Waals surface area contributed by atoms with Gasteiger partial charge in [-0.05, 0) is 30.8 Å². The fourth-order valence-corrected chi connectivity index (χ4v) is 4.67. The Hall–Kier alpha value is -1.15. The van der Waals surface area contributed by atoms with E-state index in [9.17, 15) is 13.2 Å². The van der Waals surface area contributed by atoms with Gasteiger partial charge in [-0.15, -0.1) is 0 Å². The van der Waals surface area contributed by atoms with Gasteiger partial charge in [-0.25, -0.2) is 13.2 Å². The van der Waals surface area contributed by atoms with E-state index in [4.69, 9.17) is 5.11 Å². The lowest BCUT2D eigenvalue weighted by atomic mass is 10.1. The Bertz CT molecular complexity index is 564. The number of carbonyl (C=O) groups is 1. The van der Waals surface area contributed by atoms with Gasteiger partial charge in [0.15, 0.2) is 9.84 Å². The second-order valence-electron chi connectivity index (χ2n) is 4.43. The molecule has 1 fully saturated rings. The van der Waals surface area contributed by atoms with Gasteiger partial charge in [-0.1, -0.05) is 0 Å². The molecule has 0 aromatic carbocycles.